The van der Waals surface area contributed by atoms with Crippen LogP contribution in [0.4, 0.5) is 5.95 Å². The lowest BCUT2D eigenvalue weighted by Gasteiger charge is -2.29. The molecule has 2 aromatic rings. The maximum absolute atomic E-state index is 13.2. The van der Waals surface area contributed by atoms with Gasteiger partial charge in [-0.25, -0.2) is 4.98 Å². The average Bonchev–Trinajstić information content (AvgIpc) is 2.96. The van der Waals surface area contributed by atoms with Crippen LogP contribution in [0.25, 0.3) is 10.2 Å². The fourth-order valence-corrected chi connectivity index (χ4v) is 5.10. The summed E-state index contributed by atoms with van der Waals surface area (Å²) in [6.07, 6.45) is 10.0. The van der Waals surface area contributed by atoms with E-state index in [-0.39, 0.29) is 5.56 Å². The van der Waals surface area contributed by atoms with Crippen molar-refractivity contribution in [2.45, 2.75) is 51.5 Å². The topological polar surface area (TPSA) is 38.1 Å². The van der Waals surface area contributed by atoms with Crippen molar-refractivity contribution in [3.8, 4) is 0 Å². The highest BCUT2D eigenvalue weighted by Gasteiger charge is 2.24. The molecule has 1 fully saturated rings. The molecule has 23 heavy (non-hydrogen) atoms. The molecular formula is C18H23N3OS. The van der Waals surface area contributed by atoms with Crippen molar-refractivity contribution >= 4 is 27.5 Å². The highest BCUT2D eigenvalue weighted by molar-refractivity contribution is 7.18. The summed E-state index contributed by atoms with van der Waals surface area (Å²) < 4.78 is 1.84. The molecule has 3 heterocycles. The van der Waals surface area contributed by atoms with Crippen molar-refractivity contribution < 1.29 is 0 Å². The Morgan fingerprint density at radius 2 is 1.91 bits per heavy atom. The highest BCUT2D eigenvalue weighted by atomic mass is 32.1. The number of thiophene rings is 1. The molecule has 5 heteroatoms. The van der Waals surface area contributed by atoms with E-state index in [2.05, 4.69) is 11.5 Å². The lowest BCUT2D eigenvalue weighted by atomic mass is 9.97. The molecule has 0 spiro atoms. The first-order valence-electron chi connectivity index (χ1n) is 8.70. The van der Waals surface area contributed by atoms with Gasteiger partial charge in [0.25, 0.3) is 5.56 Å². The third-order valence-corrected chi connectivity index (χ3v) is 6.19. The summed E-state index contributed by atoms with van der Waals surface area (Å²) in [6, 6.07) is 0. The molecule has 4 rings (SSSR count). The normalized spacial score (nSPS) is 18.2. The number of allylic oxidation sites excluding steroid dienone is 1. The van der Waals surface area contributed by atoms with Crippen LogP contribution in [-0.4, -0.2) is 22.6 Å². The molecular weight excluding hydrogens is 306 g/mol. The summed E-state index contributed by atoms with van der Waals surface area (Å²) in [5, 5.41) is 0.882. The molecule has 2 aromatic heterocycles. The predicted molar refractivity (Wildman–Crippen MR) is 96.8 cm³/mol. The maximum atomic E-state index is 13.2. The summed E-state index contributed by atoms with van der Waals surface area (Å²) in [7, 11) is 0. The minimum Gasteiger partial charge on any atom is -0.342 e. The first-order valence-corrected chi connectivity index (χ1v) is 9.52. The molecule has 0 bridgehead atoms. The van der Waals surface area contributed by atoms with Crippen molar-refractivity contribution in [3.05, 3.63) is 33.4 Å². The molecule has 0 aromatic carbocycles. The van der Waals surface area contributed by atoms with Gasteiger partial charge in [0.1, 0.15) is 4.83 Å². The highest BCUT2D eigenvalue weighted by Crippen LogP contribution is 2.34. The second-order valence-corrected chi connectivity index (χ2v) is 7.64. The summed E-state index contributed by atoms with van der Waals surface area (Å²) in [5.74, 6) is 0.848. The van der Waals surface area contributed by atoms with Gasteiger partial charge in [-0.3, -0.25) is 9.36 Å². The van der Waals surface area contributed by atoms with E-state index in [1.165, 1.54) is 42.5 Å². The number of aromatic nitrogens is 2. The van der Waals surface area contributed by atoms with E-state index >= 15 is 0 Å². The predicted octanol–water partition coefficient (Wildman–Crippen LogP) is 3.51. The molecule has 0 saturated carbocycles. The Morgan fingerprint density at radius 3 is 2.70 bits per heavy atom. The van der Waals surface area contributed by atoms with E-state index in [0.717, 1.165) is 42.1 Å². The van der Waals surface area contributed by atoms with Crippen LogP contribution in [0.3, 0.4) is 0 Å². The van der Waals surface area contributed by atoms with Gasteiger partial charge in [0, 0.05) is 24.5 Å². The first-order chi connectivity index (χ1) is 11.3. The van der Waals surface area contributed by atoms with Gasteiger partial charge in [-0.1, -0.05) is 6.08 Å². The Hall–Kier alpha value is -1.62. The van der Waals surface area contributed by atoms with E-state index in [0.29, 0.717) is 6.54 Å². The van der Waals surface area contributed by atoms with E-state index in [4.69, 9.17) is 4.98 Å². The van der Waals surface area contributed by atoms with E-state index in [1.54, 1.807) is 17.4 Å². The standard InChI is InChI=1S/C18H23N3OS/c1-2-10-21-17(22)15-13-8-4-5-9-14(13)23-16(15)19-18(21)20-11-6-3-7-12-20/h2H,1,3-12H2. The van der Waals surface area contributed by atoms with Gasteiger partial charge < -0.3 is 4.90 Å². The zero-order valence-electron chi connectivity index (χ0n) is 13.5. The van der Waals surface area contributed by atoms with E-state index in [9.17, 15) is 4.79 Å². The van der Waals surface area contributed by atoms with Gasteiger partial charge in [0.2, 0.25) is 5.95 Å². The number of hydrogen-bond donors (Lipinski definition) is 0. The number of aryl methyl sites for hydroxylation is 2. The van der Waals surface area contributed by atoms with Crippen LogP contribution in [0.5, 0.6) is 0 Å². The molecule has 0 atom stereocenters. The van der Waals surface area contributed by atoms with E-state index in [1.807, 2.05) is 4.57 Å². The molecule has 1 aliphatic carbocycles. The Bertz CT molecular complexity index is 799. The summed E-state index contributed by atoms with van der Waals surface area (Å²) >= 11 is 1.74. The molecule has 122 valence electrons. The Kier molecular flexibility index (Phi) is 3.97. The largest absolute Gasteiger partial charge is 0.342 e. The van der Waals surface area contributed by atoms with Crippen molar-refractivity contribution in [3.63, 3.8) is 0 Å². The van der Waals surface area contributed by atoms with Gasteiger partial charge >= 0.3 is 0 Å². The van der Waals surface area contributed by atoms with Crippen LogP contribution in [-0.2, 0) is 19.4 Å². The lowest BCUT2D eigenvalue weighted by molar-refractivity contribution is 0.554. The summed E-state index contributed by atoms with van der Waals surface area (Å²) in [6.45, 7) is 6.38. The van der Waals surface area contributed by atoms with Gasteiger partial charge in [-0.05, 0) is 50.5 Å². The molecule has 0 unspecified atom stereocenters. The molecule has 0 N–H and O–H groups in total. The van der Waals surface area contributed by atoms with Gasteiger partial charge in [0.15, 0.2) is 0 Å². The third-order valence-electron chi connectivity index (χ3n) is 5.01. The molecule has 1 saturated heterocycles. The fraction of sp³-hybridized carbons (Fsp3) is 0.556. The molecule has 4 nitrogen and oxygen atoms in total. The van der Waals surface area contributed by atoms with Gasteiger partial charge in [-0.15, -0.1) is 17.9 Å². The number of piperidine rings is 1. The van der Waals surface area contributed by atoms with Crippen molar-refractivity contribution in [1.82, 2.24) is 9.55 Å². The lowest BCUT2D eigenvalue weighted by Crippen LogP contribution is -2.36. The number of fused-ring (bicyclic) bond motifs is 3. The quantitative estimate of drug-likeness (QED) is 0.809. The number of nitrogens with zero attached hydrogens (tertiary/aromatic N) is 3. The number of hydrogen-bond acceptors (Lipinski definition) is 4. The van der Waals surface area contributed by atoms with Crippen molar-refractivity contribution in [2.75, 3.05) is 18.0 Å². The number of anilines is 1. The second kappa shape index (κ2) is 6.11. The zero-order chi connectivity index (χ0) is 15.8. The Morgan fingerprint density at radius 1 is 1.13 bits per heavy atom. The van der Waals surface area contributed by atoms with Crippen LogP contribution in [0.2, 0.25) is 0 Å². The van der Waals surface area contributed by atoms with Crippen LogP contribution < -0.4 is 10.5 Å². The monoisotopic (exact) mass is 329 g/mol. The molecule has 0 radical (unpaired) electrons. The minimum atomic E-state index is 0.134. The minimum absolute atomic E-state index is 0.134. The van der Waals surface area contributed by atoms with Crippen LogP contribution in [0, 0.1) is 0 Å². The molecule has 2 aliphatic rings. The molecule has 0 amide bonds. The second-order valence-electron chi connectivity index (χ2n) is 6.55. The summed E-state index contributed by atoms with van der Waals surface area (Å²) in [4.78, 5) is 22.7. The van der Waals surface area contributed by atoms with E-state index < -0.39 is 0 Å². The Labute approximate surface area is 140 Å². The average molecular weight is 329 g/mol. The first kappa shape index (κ1) is 14.9. The Balaban J connectivity index is 1.93. The van der Waals surface area contributed by atoms with Crippen LogP contribution >= 0.6 is 11.3 Å². The summed E-state index contributed by atoms with van der Waals surface area (Å²) in [5.41, 5.74) is 1.41. The van der Waals surface area contributed by atoms with Crippen LogP contribution in [0.1, 0.15) is 42.5 Å². The SMILES string of the molecule is C=CCn1c(N2CCCCC2)nc2sc3c(c2c1=O)CCCC3. The van der Waals surface area contributed by atoms with Crippen molar-refractivity contribution in [2.24, 2.45) is 0 Å². The fourth-order valence-electron chi connectivity index (χ4n) is 3.86. The maximum Gasteiger partial charge on any atom is 0.264 e. The third kappa shape index (κ3) is 2.51. The van der Waals surface area contributed by atoms with Gasteiger partial charge in [-0.2, -0.15) is 0 Å². The zero-order valence-corrected chi connectivity index (χ0v) is 14.3. The van der Waals surface area contributed by atoms with Crippen LogP contribution in [0.15, 0.2) is 17.4 Å². The van der Waals surface area contributed by atoms with Gasteiger partial charge in [0.05, 0.1) is 5.39 Å². The smallest absolute Gasteiger partial charge is 0.264 e. The molecule has 1 aliphatic heterocycles. The van der Waals surface area contributed by atoms with Crippen molar-refractivity contribution in [1.29, 1.82) is 0 Å². The number of rotatable bonds is 3.